The van der Waals surface area contributed by atoms with E-state index >= 15 is 0 Å². The summed E-state index contributed by atoms with van der Waals surface area (Å²) in [6.07, 6.45) is 2.46. The van der Waals surface area contributed by atoms with Crippen LogP contribution in [0.2, 0.25) is 0 Å². The molecule has 8 nitrogen and oxygen atoms in total. The minimum absolute atomic E-state index is 0.259. The van der Waals surface area contributed by atoms with Crippen LogP contribution in [0.15, 0.2) is 36.4 Å². The second-order valence-electron chi connectivity index (χ2n) is 6.91. The zero-order valence-corrected chi connectivity index (χ0v) is 16.7. The lowest BCUT2D eigenvalue weighted by Gasteiger charge is -2.22. The lowest BCUT2D eigenvalue weighted by Crippen LogP contribution is -2.41. The van der Waals surface area contributed by atoms with Crippen molar-refractivity contribution < 1.29 is 19.1 Å². The Hall–Kier alpha value is -3.07. The van der Waals surface area contributed by atoms with Gasteiger partial charge >= 0.3 is 18.0 Å². The van der Waals surface area contributed by atoms with Gasteiger partial charge in [-0.2, -0.15) is 0 Å². The summed E-state index contributed by atoms with van der Waals surface area (Å²) in [6.45, 7) is 0.818. The van der Waals surface area contributed by atoms with Crippen LogP contribution in [0.25, 0.3) is 0 Å². The van der Waals surface area contributed by atoms with E-state index in [1.54, 1.807) is 6.07 Å². The number of hydrogen-bond acceptors (Lipinski definition) is 5. The fourth-order valence-electron chi connectivity index (χ4n) is 3.30. The molecule has 5 N–H and O–H groups in total. The summed E-state index contributed by atoms with van der Waals surface area (Å²) in [5.41, 5.74) is 12.0. The summed E-state index contributed by atoms with van der Waals surface area (Å²) in [5.74, 6) is -0.555. The van der Waals surface area contributed by atoms with Crippen LogP contribution in [0.5, 0.6) is 0 Å². The molecular formula is C20H24N4O4S. The van der Waals surface area contributed by atoms with Gasteiger partial charge in [0, 0.05) is 17.8 Å². The van der Waals surface area contributed by atoms with E-state index in [1.807, 2.05) is 30.3 Å². The van der Waals surface area contributed by atoms with Crippen molar-refractivity contribution in [1.82, 2.24) is 4.90 Å². The largest absolute Gasteiger partial charge is 0.457 e. The average Bonchev–Trinajstić information content (AvgIpc) is 2.90. The minimum atomic E-state index is -0.749. The van der Waals surface area contributed by atoms with Crippen molar-refractivity contribution in [2.45, 2.75) is 31.8 Å². The van der Waals surface area contributed by atoms with Crippen molar-refractivity contribution in [2.75, 3.05) is 18.4 Å². The van der Waals surface area contributed by atoms with Crippen molar-refractivity contribution in [3.8, 4) is 0 Å². The molecule has 29 heavy (non-hydrogen) atoms. The maximum absolute atomic E-state index is 12.8. The molecule has 154 valence electrons. The molecule has 1 aromatic heterocycles. The molecule has 0 spiro atoms. The lowest BCUT2D eigenvalue weighted by atomic mass is 10.1. The number of ether oxygens (including phenoxy) is 1. The van der Waals surface area contributed by atoms with Crippen LogP contribution in [0, 0.1) is 0 Å². The van der Waals surface area contributed by atoms with Gasteiger partial charge in [0.2, 0.25) is 0 Å². The number of esters is 1. The Bertz CT molecular complexity index is 884. The van der Waals surface area contributed by atoms with Gasteiger partial charge in [0.15, 0.2) is 0 Å². The summed E-state index contributed by atoms with van der Waals surface area (Å²) in [5, 5.41) is 2.86. The van der Waals surface area contributed by atoms with E-state index < -0.39 is 24.1 Å². The molecule has 0 saturated carbocycles. The Morgan fingerprint density at radius 3 is 2.62 bits per heavy atom. The maximum Gasteiger partial charge on any atom is 0.341 e. The monoisotopic (exact) mass is 416 g/mol. The van der Waals surface area contributed by atoms with E-state index in [-0.39, 0.29) is 12.1 Å². The first-order valence-corrected chi connectivity index (χ1v) is 10.2. The Balaban J connectivity index is 1.77. The number of nitrogens with zero attached hydrogens (tertiary/aromatic N) is 1. The first kappa shape index (κ1) is 20.7. The molecule has 0 aliphatic carbocycles. The normalized spacial score (nSPS) is 16.7. The predicted molar refractivity (Wildman–Crippen MR) is 111 cm³/mol. The SMILES string of the molecule is NC(=O)Nc1sc(Cc2ccccc2)cc1C(=O)OC1CCCCN(C(N)=O)C1. The van der Waals surface area contributed by atoms with Crippen molar-refractivity contribution in [1.29, 1.82) is 0 Å². The molecule has 2 aromatic rings. The molecule has 0 radical (unpaired) electrons. The van der Waals surface area contributed by atoms with Gasteiger partial charge in [0.25, 0.3) is 0 Å². The van der Waals surface area contributed by atoms with Gasteiger partial charge in [-0.15, -0.1) is 11.3 Å². The van der Waals surface area contributed by atoms with Gasteiger partial charge in [0.1, 0.15) is 11.1 Å². The molecule has 0 bridgehead atoms. The van der Waals surface area contributed by atoms with E-state index in [1.165, 1.54) is 16.2 Å². The second-order valence-corrected chi connectivity index (χ2v) is 8.05. The topological polar surface area (TPSA) is 128 Å². The lowest BCUT2D eigenvalue weighted by molar-refractivity contribution is 0.0242. The molecule has 1 aliphatic rings. The van der Waals surface area contributed by atoms with Crippen LogP contribution in [-0.2, 0) is 11.2 Å². The smallest absolute Gasteiger partial charge is 0.341 e. The third-order valence-corrected chi connectivity index (χ3v) is 5.72. The molecule has 1 aromatic carbocycles. The second kappa shape index (κ2) is 9.42. The number of carbonyl (C=O) groups excluding carboxylic acids is 3. The molecule has 1 saturated heterocycles. The number of amides is 4. The summed E-state index contributed by atoms with van der Waals surface area (Å²) < 4.78 is 5.65. The molecule has 1 fully saturated rings. The number of carbonyl (C=O) groups is 3. The minimum Gasteiger partial charge on any atom is -0.457 e. The highest BCUT2D eigenvalue weighted by atomic mass is 32.1. The summed E-state index contributed by atoms with van der Waals surface area (Å²) in [4.78, 5) is 38.1. The number of hydrogen-bond donors (Lipinski definition) is 3. The number of rotatable bonds is 5. The van der Waals surface area contributed by atoms with Crippen LogP contribution in [0.3, 0.4) is 0 Å². The highest BCUT2D eigenvalue weighted by Gasteiger charge is 2.26. The van der Waals surface area contributed by atoms with Crippen molar-refractivity contribution in [3.63, 3.8) is 0 Å². The predicted octanol–water partition coefficient (Wildman–Crippen LogP) is 2.92. The van der Waals surface area contributed by atoms with Gasteiger partial charge in [-0.3, -0.25) is 5.32 Å². The number of primary amides is 2. The quantitative estimate of drug-likeness (QED) is 0.647. The summed E-state index contributed by atoms with van der Waals surface area (Å²) >= 11 is 1.29. The average molecular weight is 417 g/mol. The highest BCUT2D eigenvalue weighted by Crippen LogP contribution is 2.31. The molecule has 9 heteroatoms. The number of thiophene rings is 1. The fraction of sp³-hybridized carbons (Fsp3) is 0.350. The molecule has 4 amide bonds. The highest BCUT2D eigenvalue weighted by molar-refractivity contribution is 7.16. The van der Waals surface area contributed by atoms with E-state index in [9.17, 15) is 14.4 Å². The van der Waals surface area contributed by atoms with Crippen LogP contribution in [-0.4, -0.2) is 42.1 Å². The van der Waals surface area contributed by atoms with Crippen molar-refractivity contribution in [3.05, 3.63) is 52.4 Å². The number of benzene rings is 1. The van der Waals surface area contributed by atoms with Crippen LogP contribution in [0.1, 0.15) is 40.1 Å². The maximum atomic E-state index is 12.8. The first-order valence-electron chi connectivity index (χ1n) is 9.41. The van der Waals surface area contributed by atoms with E-state index in [0.717, 1.165) is 23.3 Å². The van der Waals surface area contributed by atoms with Crippen molar-refractivity contribution >= 4 is 34.4 Å². The Morgan fingerprint density at radius 1 is 1.17 bits per heavy atom. The van der Waals surface area contributed by atoms with Gasteiger partial charge in [-0.05, 0) is 30.9 Å². The number of anilines is 1. The summed E-state index contributed by atoms with van der Waals surface area (Å²) in [7, 11) is 0. The zero-order valence-electron chi connectivity index (χ0n) is 15.9. The van der Waals surface area contributed by atoms with Gasteiger partial charge in [-0.1, -0.05) is 30.3 Å². The third-order valence-electron chi connectivity index (χ3n) is 4.67. The van der Waals surface area contributed by atoms with Crippen molar-refractivity contribution in [2.24, 2.45) is 11.5 Å². The molecular weight excluding hydrogens is 392 g/mol. The standard InChI is InChI=1S/C20H24N4O4S/c21-19(26)23-17-16(11-15(29-17)10-13-6-2-1-3-7-13)18(25)28-14-8-4-5-9-24(12-14)20(22)27/h1-3,6-7,11,14H,4-5,8-10,12H2,(H2,22,27)(H3,21,23,26). The number of urea groups is 2. The Labute approximate surface area is 172 Å². The van der Waals surface area contributed by atoms with Crippen LogP contribution < -0.4 is 16.8 Å². The van der Waals surface area contributed by atoms with Gasteiger partial charge in [0.05, 0.1) is 12.1 Å². The number of nitrogens with two attached hydrogens (primary N) is 2. The van der Waals surface area contributed by atoms with Gasteiger partial charge in [-0.25, -0.2) is 14.4 Å². The Kier molecular flexibility index (Phi) is 6.71. The fourth-order valence-corrected chi connectivity index (χ4v) is 4.38. The number of likely N-dealkylation sites (tertiary alicyclic amines) is 1. The Morgan fingerprint density at radius 2 is 1.93 bits per heavy atom. The summed E-state index contributed by atoms with van der Waals surface area (Å²) in [6, 6.07) is 10.2. The first-order chi connectivity index (χ1) is 13.9. The van der Waals surface area contributed by atoms with E-state index in [0.29, 0.717) is 24.4 Å². The molecule has 1 unspecified atom stereocenters. The van der Waals surface area contributed by atoms with Crippen LogP contribution in [0.4, 0.5) is 14.6 Å². The molecule has 1 aliphatic heterocycles. The van der Waals surface area contributed by atoms with E-state index in [4.69, 9.17) is 16.2 Å². The third kappa shape index (κ3) is 5.71. The van der Waals surface area contributed by atoms with Gasteiger partial charge < -0.3 is 21.1 Å². The molecule has 2 heterocycles. The van der Waals surface area contributed by atoms with Crippen LogP contribution >= 0.6 is 11.3 Å². The molecule has 3 rings (SSSR count). The van der Waals surface area contributed by atoms with E-state index in [2.05, 4.69) is 5.32 Å². The molecule has 1 atom stereocenters. The number of nitrogens with one attached hydrogen (secondary N) is 1. The zero-order chi connectivity index (χ0) is 20.8.